The number of hydrogen-bond donors (Lipinski definition) is 0. The Bertz CT molecular complexity index is 1310. The molecule has 5 nitrogen and oxygen atoms in total. The van der Waals surface area contributed by atoms with Gasteiger partial charge in [-0.3, -0.25) is 14.5 Å². The highest BCUT2D eigenvalue weighted by atomic mass is 35.5. The number of rotatable bonds is 6. The molecule has 36 heavy (non-hydrogen) atoms. The lowest BCUT2D eigenvalue weighted by molar-refractivity contribution is 0.0996. The highest BCUT2D eigenvalue weighted by molar-refractivity contribution is 7.14. The monoisotopic (exact) mass is 526 g/mol. The van der Waals surface area contributed by atoms with E-state index in [1.807, 2.05) is 20.8 Å². The molecule has 1 aliphatic carbocycles. The molecule has 188 valence electrons. The normalized spacial score (nSPS) is 16.8. The minimum Gasteiger partial charge on any atom is -0.488 e. The quantitative estimate of drug-likeness (QED) is 0.241. The maximum atomic E-state index is 13.6. The van der Waals surface area contributed by atoms with E-state index >= 15 is 0 Å². The van der Waals surface area contributed by atoms with Gasteiger partial charge in [-0.05, 0) is 94.5 Å². The number of thiazole rings is 1. The molecule has 0 spiro atoms. The first-order valence-electron chi connectivity index (χ1n) is 11.8. The number of allylic oxidation sites excluding steroid dienone is 2. The summed E-state index contributed by atoms with van der Waals surface area (Å²) < 4.78 is 19.5. The van der Waals surface area contributed by atoms with Crippen LogP contribution in [0.3, 0.4) is 0 Å². The molecule has 1 heterocycles. The number of ether oxygens (including phenoxy) is 1. The van der Waals surface area contributed by atoms with Crippen LogP contribution in [0.15, 0.2) is 59.5 Å². The fraction of sp³-hybridized carbons (Fsp3) is 0.321. The number of aromatic nitrogens is 1. The number of carbonyl (C=O) groups is 2. The topological polar surface area (TPSA) is 59.5 Å². The van der Waals surface area contributed by atoms with E-state index in [1.54, 1.807) is 35.7 Å². The lowest BCUT2D eigenvalue weighted by atomic mass is 10.0. The van der Waals surface area contributed by atoms with E-state index < -0.39 is 11.7 Å². The molecule has 0 aliphatic heterocycles. The molecule has 1 amide bonds. The van der Waals surface area contributed by atoms with Crippen LogP contribution in [0.4, 0.5) is 15.2 Å². The van der Waals surface area contributed by atoms with Gasteiger partial charge in [0.2, 0.25) is 5.78 Å². The molecule has 0 bridgehead atoms. The average Bonchev–Trinajstić information content (AvgIpc) is 3.43. The Labute approximate surface area is 219 Å². The van der Waals surface area contributed by atoms with Crippen LogP contribution >= 0.6 is 22.9 Å². The molecule has 4 rings (SSSR count). The van der Waals surface area contributed by atoms with E-state index in [2.05, 4.69) is 11.9 Å². The zero-order valence-corrected chi connectivity index (χ0v) is 22.3. The Morgan fingerprint density at radius 1 is 1.19 bits per heavy atom. The van der Waals surface area contributed by atoms with Crippen molar-refractivity contribution in [1.82, 2.24) is 4.98 Å². The van der Waals surface area contributed by atoms with Crippen LogP contribution < -0.4 is 9.64 Å². The summed E-state index contributed by atoms with van der Waals surface area (Å²) in [7, 11) is 0. The second-order valence-electron chi connectivity index (χ2n) is 9.87. The summed E-state index contributed by atoms with van der Waals surface area (Å²) in [6.45, 7) is 7.97. The van der Waals surface area contributed by atoms with Gasteiger partial charge in [0.15, 0.2) is 5.13 Å². The van der Waals surface area contributed by atoms with Crippen LogP contribution in [0.5, 0.6) is 5.75 Å². The second kappa shape index (κ2) is 10.5. The van der Waals surface area contributed by atoms with Gasteiger partial charge in [-0.1, -0.05) is 24.1 Å². The fourth-order valence-corrected chi connectivity index (χ4v) is 5.17. The van der Waals surface area contributed by atoms with Crippen molar-refractivity contribution in [3.8, 4) is 5.75 Å². The van der Waals surface area contributed by atoms with Gasteiger partial charge < -0.3 is 4.74 Å². The number of amides is 1. The molecule has 1 atom stereocenters. The molecule has 1 saturated carbocycles. The van der Waals surface area contributed by atoms with E-state index in [0.717, 1.165) is 30.9 Å². The standard InChI is InChI=1S/C28H28ClFN2O3S/c1-17-6-5-7-18(17)14-25(33)24-16-36-27(31-24)32(26(34)22-13-8-19(30)15-23(22)29)20-9-11-21(12-10-20)35-28(2,3)4/h8-17H,5-7H2,1-4H3. The molecule has 3 aromatic rings. The van der Waals surface area contributed by atoms with Gasteiger partial charge in [0.05, 0.1) is 16.3 Å². The first-order chi connectivity index (χ1) is 17.0. The van der Waals surface area contributed by atoms with Crippen LogP contribution in [0.1, 0.15) is 67.8 Å². The summed E-state index contributed by atoms with van der Waals surface area (Å²) in [6, 6.07) is 10.6. The van der Waals surface area contributed by atoms with Crippen molar-refractivity contribution in [2.24, 2.45) is 5.92 Å². The molecular weight excluding hydrogens is 499 g/mol. The van der Waals surface area contributed by atoms with Crippen LogP contribution in [-0.4, -0.2) is 22.3 Å². The third kappa shape index (κ3) is 6.02. The SMILES string of the molecule is CC1CCCC1=CC(=O)c1csc(N(C(=O)c2ccc(F)cc2Cl)c2ccc(OC(C)(C)C)cc2)n1. The number of halogens is 2. The van der Waals surface area contributed by atoms with Crippen LogP contribution in [0, 0.1) is 11.7 Å². The minimum atomic E-state index is -0.539. The second-order valence-corrected chi connectivity index (χ2v) is 11.1. The van der Waals surface area contributed by atoms with Gasteiger partial charge >= 0.3 is 0 Å². The molecule has 0 saturated heterocycles. The van der Waals surface area contributed by atoms with Gasteiger partial charge in [-0.25, -0.2) is 9.37 Å². The van der Waals surface area contributed by atoms with E-state index in [1.165, 1.54) is 28.4 Å². The molecular formula is C28H28ClFN2O3S. The number of anilines is 2. The zero-order valence-electron chi connectivity index (χ0n) is 20.7. The summed E-state index contributed by atoms with van der Waals surface area (Å²) >= 11 is 7.40. The summed E-state index contributed by atoms with van der Waals surface area (Å²) in [5.74, 6) is -0.170. The molecule has 1 aliphatic rings. The Morgan fingerprint density at radius 3 is 2.53 bits per heavy atom. The van der Waals surface area contributed by atoms with E-state index in [-0.39, 0.29) is 27.7 Å². The van der Waals surface area contributed by atoms with E-state index in [0.29, 0.717) is 22.5 Å². The Kier molecular flexibility index (Phi) is 7.62. The fourth-order valence-electron chi connectivity index (χ4n) is 4.10. The van der Waals surface area contributed by atoms with Gasteiger partial charge in [-0.15, -0.1) is 11.3 Å². The van der Waals surface area contributed by atoms with Crippen molar-refractivity contribution in [1.29, 1.82) is 0 Å². The van der Waals surface area contributed by atoms with Gasteiger partial charge in [0.1, 0.15) is 22.9 Å². The summed E-state index contributed by atoms with van der Waals surface area (Å²) in [5.41, 5.74) is 1.66. The number of ketones is 1. The van der Waals surface area contributed by atoms with Gasteiger partial charge in [0, 0.05) is 5.38 Å². The predicted octanol–water partition coefficient (Wildman–Crippen LogP) is 8.02. The smallest absolute Gasteiger partial charge is 0.266 e. The van der Waals surface area contributed by atoms with E-state index in [9.17, 15) is 14.0 Å². The number of nitrogens with zero attached hydrogens (tertiary/aromatic N) is 2. The molecule has 8 heteroatoms. The highest BCUT2D eigenvalue weighted by Crippen LogP contribution is 2.35. The summed E-state index contributed by atoms with van der Waals surface area (Å²) in [4.78, 5) is 32.5. The maximum Gasteiger partial charge on any atom is 0.266 e. The number of hydrogen-bond acceptors (Lipinski definition) is 5. The van der Waals surface area contributed by atoms with E-state index in [4.69, 9.17) is 16.3 Å². The first-order valence-corrected chi connectivity index (χ1v) is 13.1. The van der Waals surface area contributed by atoms with Crippen LogP contribution in [0.25, 0.3) is 0 Å². The molecule has 1 fully saturated rings. The largest absolute Gasteiger partial charge is 0.488 e. The minimum absolute atomic E-state index is 0.00880. The van der Waals surface area contributed by atoms with Crippen molar-refractivity contribution >= 4 is 45.4 Å². The van der Waals surface area contributed by atoms with Crippen molar-refractivity contribution < 1.29 is 18.7 Å². The molecule has 1 aromatic heterocycles. The van der Waals surface area contributed by atoms with Crippen molar-refractivity contribution in [2.75, 3.05) is 4.90 Å². The lowest BCUT2D eigenvalue weighted by Gasteiger charge is -2.23. The first kappa shape index (κ1) is 26.0. The summed E-state index contributed by atoms with van der Waals surface area (Å²) in [5, 5.41) is 1.95. The molecule has 0 radical (unpaired) electrons. The third-order valence-electron chi connectivity index (χ3n) is 5.87. The Hall–Kier alpha value is -3.03. The van der Waals surface area contributed by atoms with Crippen LogP contribution in [-0.2, 0) is 0 Å². The van der Waals surface area contributed by atoms with Crippen LogP contribution in [0.2, 0.25) is 5.02 Å². The number of benzene rings is 2. The highest BCUT2D eigenvalue weighted by Gasteiger charge is 2.26. The third-order valence-corrected chi connectivity index (χ3v) is 7.01. The van der Waals surface area contributed by atoms with Crippen molar-refractivity contribution in [3.05, 3.63) is 81.6 Å². The van der Waals surface area contributed by atoms with Gasteiger partial charge in [0.25, 0.3) is 5.91 Å². The van der Waals surface area contributed by atoms with Crippen molar-refractivity contribution in [3.63, 3.8) is 0 Å². The maximum absolute atomic E-state index is 13.6. The summed E-state index contributed by atoms with van der Waals surface area (Å²) in [6.07, 6.45) is 4.76. The Balaban J connectivity index is 1.71. The van der Waals surface area contributed by atoms with Gasteiger partial charge in [-0.2, -0.15) is 0 Å². The predicted molar refractivity (Wildman–Crippen MR) is 142 cm³/mol. The lowest BCUT2D eigenvalue weighted by Crippen LogP contribution is -2.26. The zero-order chi connectivity index (χ0) is 26.0. The number of carbonyl (C=O) groups excluding carboxylic acids is 2. The van der Waals surface area contributed by atoms with Crippen molar-refractivity contribution in [2.45, 2.75) is 52.6 Å². The average molecular weight is 527 g/mol. The molecule has 0 N–H and O–H groups in total. The molecule has 1 unspecified atom stereocenters. The molecule has 2 aromatic carbocycles. The Morgan fingerprint density at radius 2 is 1.92 bits per heavy atom.